The molecule has 0 aromatic carbocycles. The van der Waals surface area contributed by atoms with Gasteiger partial charge in [-0.15, -0.1) is 0 Å². The van der Waals surface area contributed by atoms with Crippen LogP contribution in [0.25, 0.3) is 0 Å². The molecule has 6 nitrogen and oxygen atoms in total. The van der Waals surface area contributed by atoms with Crippen LogP contribution in [0.4, 0.5) is 0 Å². The number of pyridine rings is 1. The number of aryl methyl sites for hydroxylation is 1. The minimum Gasteiger partial charge on any atom is -0.505 e. The average Bonchev–Trinajstić information content (AvgIpc) is 2.95. The lowest BCUT2D eigenvalue weighted by Crippen LogP contribution is -2.41. The summed E-state index contributed by atoms with van der Waals surface area (Å²) in [4.78, 5) is 20.6. The zero-order valence-corrected chi connectivity index (χ0v) is 13.6. The van der Waals surface area contributed by atoms with E-state index in [0.717, 1.165) is 31.6 Å². The molecule has 2 heterocycles. The Kier molecular flexibility index (Phi) is 5.74. The molecule has 0 aliphatic carbocycles. The topological polar surface area (TPSA) is 65.9 Å². The summed E-state index contributed by atoms with van der Waals surface area (Å²) in [7, 11) is 3.94. The fraction of sp³-hybridized carbons (Fsp3) is 0.625. The van der Waals surface area contributed by atoms with Crippen molar-refractivity contribution in [2.75, 3.05) is 40.3 Å². The molecule has 0 bridgehead atoms. The lowest BCUT2D eigenvalue weighted by Gasteiger charge is -2.26. The Balaban J connectivity index is 2.12. The molecule has 1 unspecified atom stereocenters. The van der Waals surface area contributed by atoms with Crippen molar-refractivity contribution < 1.29 is 14.6 Å². The smallest absolute Gasteiger partial charge is 0.276 e. The van der Waals surface area contributed by atoms with E-state index in [2.05, 4.69) is 4.98 Å². The Labute approximate surface area is 131 Å². The summed E-state index contributed by atoms with van der Waals surface area (Å²) in [6, 6.07) is 1.57. The first-order valence-corrected chi connectivity index (χ1v) is 7.68. The molecule has 6 heteroatoms. The van der Waals surface area contributed by atoms with E-state index in [4.69, 9.17) is 4.74 Å². The second-order valence-corrected chi connectivity index (χ2v) is 6.07. The molecule has 0 saturated carbocycles. The Hall–Kier alpha value is -1.66. The van der Waals surface area contributed by atoms with Crippen molar-refractivity contribution >= 4 is 5.91 Å². The molecule has 1 aliphatic heterocycles. The molecule has 1 aliphatic rings. The van der Waals surface area contributed by atoms with Crippen LogP contribution >= 0.6 is 0 Å². The fourth-order valence-corrected chi connectivity index (χ4v) is 2.50. The summed E-state index contributed by atoms with van der Waals surface area (Å²) >= 11 is 0. The zero-order valence-electron chi connectivity index (χ0n) is 13.6. The van der Waals surface area contributed by atoms with E-state index in [1.165, 1.54) is 0 Å². The SMILES string of the molecule is Cc1cnc(C(=O)N(CCN(C)C)CC2CCCO2)c(O)c1. The van der Waals surface area contributed by atoms with Gasteiger partial charge in [-0.3, -0.25) is 4.79 Å². The van der Waals surface area contributed by atoms with E-state index in [1.54, 1.807) is 17.2 Å². The molecule has 0 radical (unpaired) electrons. The number of hydrogen-bond donors (Lipinski definition) is 1. The van der Waals surface area contributed by atoms with Gasteiger partial charge in [-0.2, -0.15) is 0 Å². The van der Waals surface area contributed by atoms with Gasteiger partial charge in [0.1, 0.15) is 5.75 Å². The standard InChI is InChI=1S/C16H25N3O3/c1-12-9-14(20)15(17-10-12)16(21)19(7-6-18(2)3)11-13-5-4-8-22-13/h9-10,13,20H,4-8,11H2,1-3H3. The minimum absolute atomic E-state index is 0.0628. The van der Waals surface area contributed by atoms with Crippen LogP contribution in [0.1, 0.15) is 28.9 Å². The zero-order chi connectivity index (χ0) is 16.1. The number of amides is 1. The number of nitrogens with zero attached hydrogens (tertiary/aromatic N) is 3. The van der Waals surface area contributed by atoms with Crippen molar-refractivity contribution in [3.05, 3.63) is 23.5 Å². The van der Waals surface area contributed by atoms with Crippen LogP contribution in [0.2, 0.25) is 0 Å². The van der Waals surface area contributed by atoms with Gasteiger partial charge in [0.15, 0.2) is 5.69 Å². The van der Waals surface area contributed by atoms with Crippen molar-refractivity contribution in [3.8, 4) is 5.75 Å². The van der Waals surface area contributed by atoms with E-state index >= 15 is 0 Å². The van der Waals surface area contributed by atoms with Crippen LogP contribution in [0.5, 0.6) is 5.75 Å². The first-order chi connectivity index (χ1) is 10.5. The minimum atomic E-state index is -0.241. The Morgan fingerprint density at radius 2 is 2.23 bits per heavy atom. The number of carbonyl (C=O) groups is 1. The normalized spacial score (nSPS) is 17.9. The molecular weight excluding hydrogens is 282 g/mol. The number of aromatic nitrogens is 1. The van der Waals surface area contributed by atoms with E-state index < -0.39 is 0 Å². The lowest BCUT2D eigenvalue weighted by molar-refractivity contribution is 0.0505. The quantitative estimate of drug-likeness (QED) is 0.857. The van der Waals surface area contributed by atoms with Crippen LogP contribution < -0.4 is 0 Å². The number of carbonyl (C=O) groups excluding carboxylic acids is 1. The van der Waals surface area contributed by atoms with E-state index in [1.807, 2.05) is 25.9 Å². The predicted molar refractivity (Wildman–Crippen MR) is 84.1 cm³/mol. The highest BCUT2D eigenvalue weighted by atomic mass is 16.5. The average molecular weight is 307 g/mol. The highest BCUT2D eigenvalue weighted by Gasteiger charge is 2.25. The maximum Gasteiger partial charge on any atom is 0.276 e. The van der Waals surface area contributed by atoms with Crippen molar-refractivity contribution in [1.82, 2.24) is 14.8 Å². The number of rotatable bonds is 6. The molecule has 1 N–H and O–H groups in total. The Bertz CT molecular complexity index is 513. The van der Waals surface area contributed by atoms with Gasteiger partial charge in [0.05, 0.1) is 6.10 Å². The maximum absolute atomic E-state index is 12.7. The molecule has 1 amide bonds. The first kappa shape index (κ1) is 16.7. The van der Waals surface area contributed by atoms with Gasteiger partial charge in [-0.1, -0.05) is 0 Å². The molecule has 1 saturated heterocycles. The van der Waals surface area contributed by atoms with Gasteiger partial charge < -0.3 is 19.6 Å². The summed E-state index contributed by atoms with van der Waals surface area (Å²) in [6.45, 7) is 4.47. The molecule has 2 rings (SSSR count). The van der Waals surface area contributed by atoms with Gasteiger partial charge in [-0.05, 0) is 45.5 Å². The Morgan fingerprint density at radius 3 is 2.82 bits per heavy atom. The van der Waals surface area contributed by atoms with Crippen LogP contribution in [0.15, 0.2) is 12.3 Å². The molecule has 22 heavy (non-hydrogen) atoms. The van der Waals surface area contributed by atoms with Crippen molar-refractivity contribution in [1.29, 1.82) is 0 Å². The van der Waals surface area contributed by atoms with Crippen LogP contribution in [-0.4, -0.2) is 72.2 Å². The summed E-state index contributed by atoms with van der Waals surface area (Å²) in [6.07, 6.45) is 3.69. The highest BCUT2D eigenvalue weighted by Crippen LogP contribution is 2.19. The maximum atomic E-state index is 12.7. The number of ether oxygens (including phenoxy) is 1. The van der Waals surface area contributed by atoms with Crippen LogP contribution in [0, 0.1) is 6.92 Å². The third kappa shape index (κ3) is 4.42. The third-order valence-electron chi connectivity index (χ3n) is 3.76. The van der Waals surface area contributed by atoms with Gasteiger partial charge in [-0.25, -0.2) is 4.98 Å². The third-order valence-corrected chi connectivity index (χ3v) is 3.76. The molecule has 1 atom stereocenters. The summed E-state index contributed by atoms with van der Waals surface area (Å²) in [5.41, 5.74) is 0.940. The second-order valence-electron chi connectivity index (χ2n) is 6.07. The first-order valence-electron chi connectivity index (χ1n) is 7.68. The Morgan fingerprint density at radius 1 is 1.45 bits per heavy atom. The largest absolute Gasteiger partial charge is 0.505 e. The molecule has 122 valence electrons. The molecule has 1 aromatic rings. The highest BCUT2D eigenvalue weighted by molar-refractivity contribution is 5.94. The number of aromatic hydroxyl groups is 1. The van der Waals surface area contributed by atoms with E-state index in [0.29, 0.717) is 13.1 Å². The van der Waals surface area contributed by atoms with Crippen molar-refractivity contribution in [2.45, 2.75) is 25.9 Å². The molecule has 0 spiro atoms. The van der Waals surface area contributed by atoms with Crippen molar-refractivity contribution in [2.24, 2.45) is 0 Å². The van der Waals surface area contributed by atoms with E-state index in [9.17, 15) is 9.90 Å². The lowest BCUT2D eigenvalue weighted by atomic mass is 10.2. The van der Waals surface area contributed by atoms with Gasteiger partial charge in [0.2, 0.25) is 0 Å². The van der Waals surface area contributed by atoms with Gasteiger partial charge in [0, 0.05) is 32.4 Å². The van der Waals surface area contributed by atoms with Crippen LogP contribution in [-0.2, 0) is 4.74 Å². The van der Waals surface area contributed by atoms with Crippen LogP contribution in [0.3, 0.4) is 0 Å². The number of likely N-dealkylation sites (N-methyl/N-ethyl adjacent to an activating group) is 1. The van der Waals surface area contributed by atoms with Gasteiger partial charge >= 0.3 is 0 Å². The number of hydrogen-bond acceptors (Lipinski definition) is 5. The van der Waals surface area contributed by atoms with Gasteiger partial charge in [0.25, 0.3) is 5.91 Å². The molecule has 1 fully saturated rings. The summed E-state index contributed by atoms with van der Waals surface area (Å²) < 4.78 is 5.64. The second kappa shape index (κ2) is 7.56. The fourth-order valence-electron chi connectivity index (χ4n) is 2.50. The summed E-state index contributed by atoms with van der Waals surface area (Å²) in [5, 5.41) is 10.00. The predicted octanol–water partition coefficient (Wildman–Crippen LogP) is 1.28. The summed E-state index contributed by atoms with van der Waals surface area (Å²) in [5.74, 6) is -0.304. The monoisotopic (exact) mass is 307 g/mol. The molecule has 1 aromatic heterocycles. The van der Waals surface area contributed by atoms with E-state index in [-0.39, 0.29) is 23.5 Å². The van der Waals surface area contributed by atoms with Crippen molar-refractivity contribution in [3.63, 3.8) is 0 Å². The molecular formula is C16H25N3O3.